The van der Waals surface area contributed by atoms with Crippen molar-refractivity contribution in [2.45, 2.75) is 25.1 Å². The maximum Gasteiger partial charge on any atom is 0.338 e. The number of carbonyl (C=O) groups excluding carboxylic acids is 1. The van der Waals surface area contributed by atoms with Gasteiger partial charge in [-0.25, -0.2) is 4.79 Å². The monoisotopic (exact) mass is 318 g/mol. The average molecular weight is 320 g/mol. The first-order chi connectivity index (χ1) is 8.24. The summed E-state index contributed by atoms with van der Waals surface area (Å²) in [6, 6.07) is 5.73. The quantitative estimate of drug-likeness (QED) is 0.586. The summed E-state index contributed by atoms with van der Waals surface area (Å²) < 4.78 is 5.04. The van der Waals surface area contributed by atoms with Crippen molar-refractivity contribution in [2.75, 3.05) is 12.5 Å². The topological polar surface area (TPSA) is 26.3 Å². The lowest BCUT2D eigenvalue weighted by Crippen LogP contribution is -2.09. The molecule has 0 radical (unpaired) electrons. The lowest BCUT2D eigenvalue weighted by Gasteiger charge is -2.11. The van der Waals surface area contributed by atoms with E-state index in [2.05, 4.69) is 15.9 Å². The highest BCUT2D eigenvalue weighted by Crippen LogP contribution is 2.20. The fourth-order valence-electron chi connectivity index (χ4n) is 1.68. The maximum absolute atomic E-state index is 11.8. The summed E-state index contributed by atoms with van der Waals surface area (Å²) in [5.74, 6) is 0.375. The molecule has 0 atom stereocenters. The normalized spacial score (nSPS) is 10.3. The molecule has 0 N–H and O–H groups in total. The Labute approximate surface area is 115 Å². The van der Waals surface area contributed by atoms with Crippen LogP contribution in [0.15, 0.2) is 18.2 Å². The Morgan fingerprint density at radius 1 is 1.47 bits per heavy atom. The molecule has 1 aromatic carbocycles. The van der Waals surface area contributed by atoms with Gasteiger partial charge in [0.15, 0.2) is 0 Å². The number of rotatable bonds is 6. The van der Waals surface area contributed by atoms with Gasteiger partial charge in [-0.1, -0.05) is 28.1 Å². The van der Waals surface area contributed by atoms with E-state index in [1.807, 2.05) is 19.1 Å². The van der Waals surface area contributed by atoms with Crippen LogP contribution in [0.2, 0.25) is 0 Å². The molecule has 0 aromatic heterocycles. The minimum absolute atomic E-state index is 0.255. The second kappa shape index (κ2) is 7.72. The molecule has 0 spiro atoms. The zero-order valence-electron chi connectivity index (χ0n) is 9.84. The largest absolute Gasteiger partial charge is 0.462 e. The van der Waals surface area contributed by atoms with Gasteiger partial charge in [-0.05, 0) is 37.0 Å². The second-order valence-electron chi connectivity index (χ2n) is 3.59. The van der Waals surface area contributed by atoms with Gasteiger partial charge in [0.25, 0.3) is 0 Å². The minimum atomic E-state index is -0.255. The van der Waals surface area contributed by atoms with E-state index in [0.29, 0.717) is 23.4 Å². The molecule has 0 heterocycles. The van der Waals surface area contributed by atoms with Crippen molar-refractivity contribution in [3.05, 3.63) is 34.9 Å². The molecule has 0 bridgehead atoms. The van der Waals surface area contributed by atoms with Gasteiger partial charge in [-0.2, -0.15) is 0 Å². The minimum Gasteiger partial charge on any atom is -0.462 e. The average Bonchev–Trinajstić information content (AvgIpc) is 2.36. The van der Waals surface area contributed by atoms with Crippen LogP contribution in [0.1, 0.15) is 34.8 Å². The first kappa shape index (κ1) is 14.5. The molecule has 4 heteroatoms. The van der Waals surface area contributed by atoms with E-state index in [-0.39, 0.29) is 5.97 Å². The Morgan fingerprint density at radius 3 is 2.82 bits per heavy atom. The summed E-state index contributed by atoms with van der Waals surface area (Å²) >= 11 is 9.13. The molecule has 0 fully saturated rings. The number of ether oxygens (including phenoxy) is 1. The third kappa shape index (κ3) is 4.00. The van der Waals surface area contributed by atoms with Gasteiger partial charge >= 0.3 is 5.97 Å². The second-order valence-corrected chi connectivity index (χ2v) is 4.53. The van der Waals surface area contributed by atoms with Crippen LogP contribution in [0.4, 0.5) is 0 Å². The smallest absolute Gasteiger partial charge is 0.338 e. The van der Waals surface area contributed by atoms with Crippen molar-refractivity contribution >= 4 is 33.5 Å². The first-order valence-corrected chi connectivity index (χ1v) is 7.30. The van der Waals surface area contributed by atoms with Gasteiger partial charge in [0, 0.05) is 11.2 Å². The third-order valence-corrected chi connectivity index (χ3v) is 3.31. The summed E-state index contributed by atoms with van der Waals surface area (Å²) in [6.07, 6.45) is 1.80. The van der Waals surface area contributed by atoms with E-state index in [9.17, 15) is 4.79 Å². The molecule has 0 aliphatic carbocycles. The van der Waals surface area contributed by atoms with Crippen LogP contribution in [-0.2, 0) is 16.5 Å². The van der Waals surface area contributed by atoms with Gasteiger partial charge < -0.3 is 4.74 Å². The predicted molar refractivity (Wildman–Crippen MR) is 74.1 cm³/mol. The van der Waals surface area contributed by atoms with E-state index >= 15 is 0 Å². The number of benzene rings is 1. The summed E-state index contributed by atoms with van der Waals surface area (Å²) in [5.41, 5.74) is 2.82. The summed E-state index contributed by atoms with van der Waals surface area (Å²) in [5, 5.41) is 0.652. The molecule has 0 unspecified atom stereocenters. The van der Waals surface area contributed by atoms with Crippen LogP contribution >= 0.6 is 27.5 Å². The molecule has 0 amide bonds. The van der Waals surface area contributed by atoms with Crippen LogP contribution in [0.5, 0.6) is 0 Å². The zero-order valence-corrected chi connectivity index (χ0v) is 12.2. The van der Waals surface area contributed by atoms with Crippen LogP contribution in [0.3, 0.4) is 0 Å². The van der Waals surface area contributed by atoms with E-state index in [0.717, 1.165) is 24.0 Å². The first-order valence-electron chi connectivity index (χ1n) is 5.64. The van der Waals surface area contributed by atoms with E-state index in [4.69, 9.17) is 16.3 Å². The van der Waals surface area contributed by atoms with Crippen molar-refractivity contribution < 1.29 is 9.53 Å². The van der Waals surface area contributed by atoms with Gasteiger partial charge in [0.1, 0.15) is 0 Å². The van der Waals surface area contributed by atoms with Crippen LogP contribution in [0, 0.1) is 0 Å². The fourth-order valence-corrected chi connectivity index (χ4v) is 2.48. The number of carbonyl (C=O) groups is 1. The molecule has 1 rings (SSSR count). The van der Waals surface area contributed by atoms with Gasteiger partial charge in [0.2, 0.25) is 0 Å². The van der Waals surface area contributed by atoms with Gasteiger partial charge in [0.05, 0.1) is 12.2 Å². The van der Waals surface area contributed by atoms with E-state index < -0.39 is 0 Å². The van der Waals surface area contributed by atoms with E-state index in [1.54, 1.807) is 6.07 Å². The molecule has 94 valence electrons. The van der Waals surface area contributed by atoms with Gasteiger partial charge in [-0.15, -0.1) is 11.6 Å². The number of hydrogen-bond acceptors (Lipinski definition) is 2. The number of alkyl halides is 2. The molecule has 2 nitrogen and oxygen atoms in total. The number of aryl methyl sites for hydroxylation is 1. The van der Waals surface area contributed by atoms with Crippen molar-refractivity contribution in [1.29, 1.82) is 0 Å². The van der Waals surface area contributed by atoms with Crippen molar-refractivity contribution in [2.24, 2.45) is 0 Å². The standard InChI is InChI=1S/C13H16BrClO2/c1-2-17-13(16)11-7-3-5-10(6-4-8-15)12(11)9-14/h3,5,7H,2,4,6,8-9H2,1H3. The maximum atomic E-state index is 11.8. The predicted octanol–water partition coefficient (Wildman–Crippen LogP) is 3.93. The number of halogens is 2. The highest BCUT2D eigenvalue weighted by Gasteiger charge is 2.14. The molecular formula is C13H16BrClO2. The number of esters is 1. The Hall–Kier alpha value is -0.540. The summed E-state index contributed by atoms with van der Waals surface area (Å²) in [6.45, 7) is 2.20. The molecule has 0 saturated heterocycles. The Balaban J connectivity index is 3.00. The van der Waals surface area contributed by atoms with E-state index in [1.165, 1.54) is 0 Å². The molecule has 17 heavy (non-hydrogen) atoms. The van der Waals surface area contributed by atoms with Gasteiger partial charge in [-0.3, -0.25) is 0 Å². The zero-order chi connectivity index (χ0) is 12.7. The summed E-state index contributed by atoms with van der Waals surface area (Å²) in [7, 11) is 0. The molecule has 0 aliphatic heterocycles. The Morgan fingerprint density at radius 2 is 2.24 bits per heavy atom. The Kier molecular flexibility index (Phi) is 6.60. The highest BCUT2D eigenvalue weighted by molar-refractivity contribution is 9.08. The lowest BCUT2D eigenvalue weighted by atomic mass is 9.99. The van der Waals surface area contributed by atoms with Crippen molar-refractivity contribution in [3.8, 4) is 0 Å². The number of hydrogen-bond donors (Lipinski definition) is 0. The van der Waals surface area contributed by atoms with Crippen molar-refractivity contribution in [3.63, 3.8) is 0 Å². The van der Waals surface area contributed by atoms with Crippen molar-refractivity contribution in [1.82, 2.24) is 0 Å². The molecular weight excluding hydrogens is 303 g/mol. The highest BCUT2D eigenvalue weighted by atomic mass is 79.9. The van der Waals surface area contributed by atoms with Crippen LogP contribution in [0.25, 0.3) is 0 Å². The van der Waals surface area contributed by atoms with Crippen LogP contribution < -0.4 is 0 Å². The molecule has 0 aliphatic rings. The van der Waals surface area contributed by atoms with Crippen LogP contribution in [-0.4, -0.2) is 18.5 Å². The molecule has 0 saturated carbocycles. The molecule has 1 aromatic rings. The Bertz CT molecular complexity index is 380. The third-order valence-electron chi connectivity index (χ3n) is 2.48. The SMILES string of the molecule is CCOC(=O)c1cccc(CCCCl)c1CBr. The summed E-state index contributed by atoms with van der Waals surface area (Å²) in [4.78, 5) is 11.8. The fraction of sp³-hybridized carbons (Fsp3) is 0.462. The lowest BCUT2D eigenvalue weighted by molar-refractivity contribution is 0.0525.